The highest BCUT2D eigenvalue weighted by molar-refractivity contribution is 5.20. The summed E-state index contributed by atoms with van der Waals surface area (Å²) in [6, 6.07) is 1.81. The number of nitrogens with zero attached hydrogens (tertiary/aromatic N) is 3. The minimum absolute atomic E-state index is 0.671. The van der Waals surface area contributed by atoms with Gasteiger partial charge in [0.25, 0.3) is 0 Å². The van der Waals surface area contributed by atoms with Gasteiger partial charge in [0.05, 0.1) is 0 Å². The Morgan fingerprint density at radius 2 is 1.92 bits per heavy atom. The molecule has 1 aromatic heterocycles. The third kappa shape index (κ3) is 2.37. The van der Waals surface area contributed by atoms with Gasteiger partial charge in [-0.25, -0.2) is 15.0 Å². The number of piperazine rings is 1. The van der Waals surface area contributed by atoms with E-state index < -0.39 is 0 Å². The smallest absolute Gasteiger partial charge is 0.237 e. The van der Waals surface area contributed by atoms with Gasteiger partial charge in [0, 0.05) is 38.6 Å². The number of hydrazine groups is 1. The molecule has 0 bridgehead atoms. The van der Waals surface area contributed by atoms with E-state index in [0.717, 1.165) is 26.2 Å². The minimum Gasteiger partial charge on any atom is -0.314 e. The van der Waals surface area contributed by atoms with E-state index in [-0.39, 0.29) is 0 Å². The van der Waals surface area contributed by atoms with Crippen molar-refractivity contribution in [3.63, 3.8) is 0 Å². The van der Waals surface area contributed by atoms with Gasteiger partial charge in [-0.05, 0) is 6.07 Å². The maximum atomic E-state index is 4.09. The Morgan fingerprint density at radius 1 is 1.23 bits per heavy atom. The molecule has 2 heterocycles. The van der Waals surface area contributed by atoms with Crippen molar-refractivity contribution >= 4 is 5.95 Å². The Kier molecular flexibility index (Phi) is 2.68. The zero-order chi connectivity index (χ0) is 8.93. The number of rotatable bonds is 2. The van der Waals surface area contributed by atoms with Crippen LogP contribution in [-0.2, 0) is 0 Å². The van der Waals surface area contributed by atoms with Gasteiger partial charge in [-0.3, -0.25) is 5.43 Å². The van der Waals surface area contributed by atoms with Gasteiger partial charge in [-0.1, -0.05) is 0 Å². The van der Waals surface area contributed by atoms with Crippen molar-refractivity contribution in [1.29, 1.82) is 0 Å². The zero-order valence-corrected chi connectivity index (χ0v) is 7.40. The second-order valence-corrected chi connectivity index (χ2v) is 2.92. The first-order chi connectivity index (χ1) is 6.45. The lowest BCUT2D eigenvalue weighted by Gasteiger charge is -2.27. The number of hydrogen-bond donors (Lipinski definition) is 2. The first-order valence-corrected chi connectivity index (χ1v) is 4.44. The van der Waals surface area contributed by atoms with Crippen molar-refractivity contribution in [3.8, 4) is 0 Å². The molecular weight excluding hydrogens is 166 g/mol. The molecule has 70 valence electrons. The molecule has 0 atom stereocenters. The van der Waals surface area contributed by atoms with Crippen LogP contribution in [0.25, 0.3) is 0 Å². The van der Waals surface area contributed by atoms with Crippen LogP contribution < -0.4 is 10.7 Å². The molecule has 5 heteroatoms. The Balaban J connectivity index is 1.90. The summed E-state index contributed by atoms with van der Waals surface area (Å²) >= 11 is 0. The highest BCUT2D eigenvalue weighted by Crippen LogP contribution is 1.98. The zero-order valence-electron chi connectivity index (χ0n) is 7.40. The highest BCUT2D eigenvalue weighted by Gasteiger charge is 2.09. The molecule has 2 N–H and O–H groups in total. The maximum absolute atomic E-state index is 4.09. The molecule has 1 fully saturated rings. The van der Waals surface area contributed by atoms with E-state index >= 15 is 0 Å². The molecule has 0 spiro atoms. The SMILES string of the molecule is c1cnc(NN2CCNCC2)nc1. The molecule has 0 aromatic carbocycles. The quantitative estimate of drug-likeness (QED) is 0.653. The molecule has 0 amide bonds. The lowest BCUT2D eigenvalue weighted by Crippen LogP contribution is -2.46. The fourth-order valence-corrected chi connectivity index (χ4v) is 1.27. The Hall–Kier alpha value is -1.20. The molecule has 1 aliphatic heterocycles. The third-order valence-corrected chi connectivity index (χ3v) is 1.94. The Labute approximate surface area is 77.2 Å². The largest absolute Gasteiger partial charge is 0.314 e. The van der Waals surface area contributed by atoms with E-state index in [1.54, 1.807) is 12.4 Å². The molecule has 1 aromatic rings. The summed E-state index contributed by atoms with van der Waals surface area (Å²) in [6.45, 7) is 4.00. The second-order valence-electron chi connectivity index (χ2n) is 2.92. The normalized spacial score (nSPS) is 18.5. The predicted octanol–water partition coefficient (Wildman–Crippen LogP) is -0.291. The van der Waals surface area contributed by atoms with Crippen molar-refractivity contribution in [2.24, 2.45) is 0 Å². The molecule has 2 rings (SSSR count). The topological polar surface area (TPSA) is 53.1 Å². The number of nitrogens with one attached hydrogen (secondary N) is 2. The van der Waals surface area contributed by atoms with E-state index in [1.807, 2.05) is 6.07 Å². The van der Waals surface area contributed by atoms with E-state index in [1.165, 1.54) is 0 Å². The average Bonchev–Trinajstić information content (AvgIpc) is 2.21. The van der Waals surface area contributed by atoms with E-state index in [9.17, 15) is 0 Å². The summed E-state index contributed by atoms with van der Waals surface area (Å²) in [5, 5.41) is 5.39. The van der Waals surface area contributed by atoms with E-state index in [4.69, 9.17) is 0 Å². The van der Waals surface area contributed by atoms with E-state index in [2.05, 4.69) is 25.7 Å². The minimum atomic E-state index is 0.671. The van der Waals surface area contributed by atoms with Gasteiger partial charge in [0.1, 0.15) is 0 Å². The van der Waals surface area contributed by atoms with Crippen LogP contribution in [0.5, 0.6) is 0 Å². The van der Waals surface area contributed by atoms with E-state index in [0.29, 0.717) is 5.95 Å². The number of aromatic nitrogens is 2. The van der Waals surface area contributed by atoms with Gasteiger partial charge in [-0.2, -0.15) is 0 Å². The molecule has 13 heavy (non-hydrogen) atoms. The first kappa shape index (κ1) is 8.40. The summed E-state index contributed by atoms with van der Waals surface area (Å²) < 4.78 is 0. The average molecular weight is 179 g/mol. The van der Waals surface area contributed by atoms with Crippen LogP contribution in [0.3, 0.4) is 0 Å². The van der Waals surface area contributed by atoms with Gasteiger partial charge in [0.15, 0.2) is 0 Å². The molecule has 0 radical (unpaired) electrons. The van der Waals surface area contributed by atoms with Gasteiger partial charge in [0.2, 0.25) is 5.95 Å². The Morgan fingerprint density at radius 3 is 2.62 bits per heavy atom. The first-order valence-electron chi connectivity index (χ1n) is 4.44. The van der Waals surface area contributed by atoms with Crippen LogP contribution in [0, 0.1) is 0 Å². The summed E-state index contributed by atoms with van der Waals surface area (Å²) in [4.78, 5) is 8.18. The molecule has 1 saturated heterocycles. The molecule has 0 unspecified atom stereocenters. The summed E-state index contributed by atoms with van der Waals surface area (Å²) in [5.41, 5.74) is 3.15. The summed E-state index contributed by atoms with van der Waals surface area (Å²) in [6.07, 6.45) is 3.47. The van der Waals surface area contributed by atoms with Crippen molar-refractivity contribution in [1.82, 2.24) is 20.3 Å². The van der Waals surface area contributed by atoms with Crippen LogP contribution in [0.1, 0.15) is 0 Å². The molecular formula is C8H13N5. The van der Waals surface area contributed by atoms with Crippen molar-refractivity contribution < 1.29 is 0 Å². The number of anilines is 1. The van der Waals surface area contributed by atoms with Crippen LogP contribution in [-0.4, -0.2) is 41.2 Å². The lowest BCUT2D eigenvalue weighted by molar-refractivity contribution is 0.284. The van der Waals surface area contributed by atoms with Gasteiger partial charge >= 0.3 is 0 Å². The standard InChI is InChI=1S/C8H13N5/c1-2-10-8(11-3-1)12-13-6-4-9-5-7-13/h1-3,9H,4-7H2,(H,10,11,12). The van der Waals surface area contributed by atoms with Crippen LogP contribution in [0.15, 0.2) is 18.5 Å². The van der Waals surface area contributed by atoms with Crippen molar-refractivity contribution in [3.05, 3.63) is 18.5 Å². The second kappa shape index (κ2) is 4.15. The molecule has 0 saturated carbocycles. The van der Waals surface area contributed by atoms with Crippen molar-refractivity contribution in [2.75, 3.05) is 31.6 Å². The number of hydrogen-bond acceptors (Lipinski definition) is 5. The fraction of sp³-hybridized carbons (Fsp3) is 0.500. The predicted molar refractivity (Wildman–Crippen MR) is 50.1 cm³/mol. The van der Waals surface area contributed by atoms with Crippen LogP contribution in [0.2, 0.25) is 0 Å². The fourth-order valence-electron chi connectivity index (χ4n) is 1.27. The van der Waals surface area contributed by atoms with Crippen molar-refractivity contribution in [2.45, 2.75) is 0 Å². The summed E-state index contributed by atoms with van der Waals surface area (Å²) in [7, 11) is 0. The maximum Gasteiger partial charge on any atom is 0.237 e. The van der Waals surface area contributed by atoms with Gasteiger partial charge < -0.3 is 5.32 Å². The van der Waals surface area contributed by atoms with Gasteiger partial charge in [-0.15, -0.1) is 0 Å². The van der Waals surface area contributed by atoms with Crippen LogP contribution >= 0.6 is 0 Å². The molecule has 1 aliphatic rings. The Bertz CT molecular complexity index is 244. The lowest BCUT2D eigenvalue weighted by atomic mass is 10.4. The van der Waals surface area contributed by atoms with Crippen LogP contribution in [0.4, 0.5) is 5.95 Å². The monoisotopic (exact) mass is 179 g/mol. The summed E-state index contributed by atoms with van der Waals surface area (Å²) in [5.74, 6) is 0.671. The molecule has 5 nitrogen and oxygen atoms in total. The third-order valence-electron chi connectivity index (χ3n) is 1.94. The highest BCUT2D eigenvalue weighted by atomic mass is 15.5. The molecule has 0 aliphatic carbocycles.